The van der Waals surface area contributed by atoms with Gasteiger partial charge in [-0.15, -0.1) is 0 Å². The van der Waals surface area contributed by atoms with Crippen molar-refractivity contribution >= 4 is 15.9 Å². The van der Waals surface area contributed by atoms with Crippen LogP contribution in [0.25, 0.3) is 0 Å². The summed E-state index contributed by atoms with van der Waals surface area (Å²) in [6, 6.07) is 4.21. The molecule has 1 aromatic heterocycles. The molecule has 1 saturated carbocycles. The lowest BCUT2D eigenvalue weighted by molar-refractivity contribution is 0.170. The van der Waals surface area contributed by atoms with Gasteiger partial charge in [-0.3, -0.25) is 0 Å². The van der Waals surface area contributed by atoms with Gasteiger partial charge in [-0.1, -0.05) is 0 Å². The molecule has 0 amide bonds. The second-order valence-corrected chi connectivity index (χ2v) is 5.77. The quantitative estimate of drug-likeness (QED) is 0.837. The first-order chi connectivity index (χ1) is 8.15. The van der Waals surface area contributed by atoms with Crippen LogP contribution >= 0.6 is 15.9 Å². The predicted octanol–water partition coefficient (Wildman–Crippen LogP) is 3.51. The molecule has 17 heavy (non-hydrogen) atoms. The van der Waals surface area contributed by atoms with Gasteiger partial charge in [0, 0.05) is 20.3 Å². The van der Waals surface area contributed by atoms with Gasteiger partial charge in [0.25, 0.3) is 0 Å². The maximum atomic E-state index is 5.54. The second kappa shape index (κ2) is 5.55. The summed E-state index contributed by atoms with van der Waals surface area (Å²) in [4.78, 5) is 0. The lowest BCUT2D eigenvalue weighted by Gasteiger charge is -2.18. The zero-order valence-corrected chi connectivity index (χ0v) is 12.0. The highest BCUT2D eigenvalue weighted by atomic mass is 79.9. The maximum absolute atomic E-state index is 5.54. The molecule has 0 radical (unpaired) electrons. The summed E-state index contributed by atoms with van der Waals surface area (Å²) < 4.78 is 11.5. The van der Waals surface area contributed by atoms with Crippen molar-refractivity contribution in [2.45, 2.75) is 32.2 Å². The highest BCUT2D eigenvalue weighted by Gasteiger charge is 2.41. The van der Waals surface area contributed by atoms with Crippen LogP contribution in [0.4, 0.5) is 0 Å². The molecule has 1 unspecified atom stereocenters. The van der Waals surface area contributed by atoms with Crippen molar-refractivity contribution in [3.8, 4) is 0 Å². The Labute approximate surface area is 111 Å². The van der Waals surface area contributed by atoms with E-state index in [0.717, 1.165) is 30.0 Å². The van der Waals surface area contributed by atoms with Crippen LogP contribution in [0.15, 0.2) is 21.2 Å². The van der Waals surface area contributed by atoms with Gasteiger partial charge in [0.15, 0.2) is 4.67 Å². The van der Waals surface area contributed by atoms with E-state index in [1.165, 1.54) is 12.8 Å². The largest absolute Gasteiger partial charge is 0.453 e. The van der Waals surface area contributed by atoms with E-state index in [1.807, 2.05) is 12.1 Å². The molecule has 0 spiro atoms. The molecule has 0 aliphatic heterocycles. The third-order valence-electron chi connectivity index (χ3n) is 3.60. The molecule has 96 valence electrons. The lowest BCUT2D eigenvalue weighted by Crippen LogP contribution is -2.27. The number of halogens is 1. The van der Waals surface area contributed by atoms with Crippen molar-refractivity contribution in [1.29, 1.82) is 0 Å². The first-order valence-electron chi connectivity index (χ1n) is 6.13. The summed E-state index contributed by atoms with van der Waals surface area (Å²) >= 11 is 3.33. The third kappa shape index (κ3) is 3.57. The molecular formula is C13H20BrNO2. The normalized spacial score (nSPS) is 19.2. The van der Waals surface area contributed by atoms with Gasteiger partial charge in [-0.25, -0.2) is 0 Å². The molecule has 0 bridgehead atoms. The molecular weight excluding hydrogens is 282 g/mol. The molecule has 1 heterocycles. The molecule has 4 heteroatoms. The third-order valence-corrected chi connectivity index (χ3v) is 4.02. The molecule has 1 aromatic rings. The van der Waals surface area contributed by atoms with E-state index in [9.17, 15) is 0 Å². The lowest BCUT2D eigenvalue weighted by atomic mass is 10.0. The summed E-state index contributed by atoms with van der Waals surface area (Å²) in [5.41, 5.74) is 0.480. The fourth-order valence-corrected chi connectivity index (χ4v) is 2.36. The van der Waals surface area contributed by atoms with Crippen molar-refractivity contribution in [3.05, 3.63) is 22.6 Å². The average molecular weight is 302 g/mol. The van der Waals surface area contributed by atoms with Crippen molar-refractivity contribution < 1.29 is 9.15 Å². The van der Waals surface area contributed by atoms with E-state index in [-0.39, 0.29) is 6.04 Å². The van der Waals surface area contributed by atoms with Crippen molar-refractivity contribution in [1.82, 2.24) is 5.32 Å². The first-order valence-corrected chi connectivity index (χ1v) is 6.92. The van der Waals surface area contributed by atoms with Gasteiger partial charge in [-0.05, 0) is 59.7 Å². The summed E-state index contributed by atoms with van der Waals surface area (Å²) in [6.45, 7) is 4.05. The van der Waals surface area contributed by atoms with Gasteiger partial charge in [-0.2, -0.15) is 0 Å². The molecule has 3 nitrogen and oxygen atoms in total. The Hall–Kier alpha value is -0.320. The number of ether oxygens (including phenoxy) is 1. The Kier molecular flexibility index (Phi) is 4.28. The van der Waals surface area contributed by atoms with E-state index in [1.54, 1.807) is 7.11 Å². The van der Waals surface area contributed by atoms with Crippen LogP contribution < -0.4 is 5.32 Å². The monoisotopic (exact) mass is 301 g/mol. The van der Waals surface area contributed by atoms with Crippen LogP contribution in [-0.4, -0.2) is 20.3 Å². The number of hydrogen-bond donors (Lipinski definition) is 1. The fraction of sp³-hybridized carbons (Fsp3) is 0.692. The topological polar surface area (TPSA) is 34.4 Å². The standard InChI is InChI=1S/C13H20BrNO2/c1-10(11-3-4-12(14)17-11)15-9-13(5-6-13)7-8-16-2/h3-4,10,15H,5-9H2,1-2H3. The minimum atomic E-state index is 0.265. The summed E-state index contributed by atoms with van der Waals surface area (Å²) in [5.74, 6) is 0.986. The van der Waals surface area contributed by atoms with Crippen LogP contribution in [0.1, 0.15) is 38.0 Å². The molecule has 0 aromatic carbocycles. The Morgan fingerprint density at radius 2 is 2.29 bits per heavy atom. The number of hydrogen-bond acceptors (Lipinski definition) is 3. The Bertz CT molecular complexity index is 360. The molecule has 1 N–H and O–H groups in total. The minimum absolute atomic E-state index is 0.265. The van der Waals surface area contributed by atoms with Crippen molar-refractivity contribution in [3.63, 3.8) is 0 Å². The Morgan fingerprint density at radius 3 is 2.82 bits per heavy atom. The Balaban J connectivity index is 1.78. The van der Waals surface area contributed by atoms with Gasteiger partial charge in [0.1, 0.15) is 5.76 Å². The molecule has 1 aliphatic rings. The van der Waals surface area contributed by atoms with Crippen molar-refractivity contribution in [2.75, 3.05) is 20.3 Å². The molecule has 1 fully saturated rings. The Morgan fingerprint density at radius 1 is 1.53 bits per heavy atom. The van der Waals surface area contributed by atoms with Crippen LogP contribution in [0.2, 0.25) is 0 Å². The number of nitrogens with one attached hydrogen (secondary N) is 1. The zero-order valence-electron chi connectivity index (χ0n) is 10.5. The van der Waals surface area contributed by atoms with Crippen LogP contribution in [0, 0.1) is 5.41 Å². The van der Waals surface area contributed by atoms with Gasteiger partial charge in [0.2, 0.25) is 0 Å². The van der Waals surface area contributed by atoms with E-state index < -0.39 is 0 Å². The smallest absolute Gasteiger partial charge is 0.169 e. The van der Waals surface area contributed by atoms with E-state index >= 15 is 0 Å². The molecule has 1 aliphatic carbocycles. The fourth-order valence-electron chi connectivity index (χ4n) is 2.04. The molecule has 0 saturated heterocycles. The molecule has 2 rings (SSSR count). The number of methoxy groups -OCH3 is 1. The second-order valence-electron chi connectivity index (χ2n) is 4.99. The van der Waals surface area contributed by atoms with Gasteiger partial charge >= 0.3 is 0 Å². The van der Waals surface area contributed by atoms with E-state index in [0.29, 0.717) is 5.41 Å². The van der Waals surface area contributed by atoms with Crippen LogP contribution in [0.3, 0.4) is 0 Å². The summed E-state index contributed by atoms with van der Waals surface area (Å²) in [7, 11) is 1.77. The van der Waals surface area contributed by atoms with Crippen molar-refractivity contribution in [2.24, 2.45) is 5.41 Å². The summed E-state index contributed by atoms with van der Waals surface area (Å²) in [5, 5.41) is 3.55. The summed E-state index contributed by atoms with van der Waals surface area (Å²) in [6.07, 6.45) is 3.79. The van der Waals surface area contributed by atoms with Crippen LogP contribution in [0.5, 0.6) is 0 Å². The number of furan rings is 1. The van der Waals surface area contributed by atoms with Gasteiger partial charge < -0.3 is 14.5 Å². The highest BCUT2D eigenvalue weighted by molar-refractivity contribution is 9.10. The zero-order chi connectivity index (χ0) is 12.3. The average Bonchev–Trinajstić information content (AvgIpc) is 2.97. The van der Waals surface area contributed by atoms with Crippen LogP contribution in [-0.2, 0) is 4.74 Å². The van der Waals surface area contributed by atoms with E-state index in [4.69, 9.17) is 9.15 Å². The van der Waals surface area contributed by atoms with E-state index in [2.05, 4.69) is 28.2 Å². The first kappa shape index (κ1) is 13.1. The SMILES string of the molecule is COCCC1(CNC(C)c2ccc(Br)o2)CC1. The predicted molar refractivity (Wildman–Crippen MR) is 71.0 cm³/mol. The van der Waals surface area contributed by atoms with Gasteiger partial charge in [0.05, 0.1) is 6.04 Å². The highest BCUT2D eigenvalue weighted by Crippen LogP contribution is 2.48. The number of rotatable bonds is 7. The molecule has 1 atom stereocenters. The maximum Gasteiger partial charge on any atom is 0.169 e. The minimum Gasteiger partial charge on any atom is -0.453 e.